The lowest BCUT2D eigenvalue weighted by atomic mass is 10.9. The van der Waals surface area contributed by atoms with Gasteiger partial charge in [-0.25, -0.2) is 4.57 Å². The van der Waals surface area contributed by atoms with Crippen LogP contribution in [0.15, 0.2) is 0 Å². The van der Waals surface area contributed by atoms with Gasteiger partial charge in [-0.05, 0) is 13.8 Å². The molecule has 0 saturated heterocycles. The molecule has 2 atom stereocenters. The molecule has 0 spiro atoms. The molecule has 0 rings (SSSR count). The Bertz CT molecular complexity index is 137. The molecule has 6 heteroatoms. The molecule has 1 N–H and O–H groups in total. The number of phosphoric ester groups is 1. The van der Waals surface area contributed by atoms with Crippen molar-refractivity contribution in [3.05, 3.63) is 0 Å². The molecule has 10 heavy (non-hydrogen) atoms. The molecule has 0 fully saturated rings. The van der Waals surface area contributed by atoms with E-state index in [-0.39, 0.29) is 6.61 Å². The van der Waals surface area contributed by atoms with Gasteiger partial charge in [0.15, 0.2) is 0 Å². The highest BCUT2D eigenvalue weighted by molar-refractivity contribution is 7.81. The first-order valence-corrected chi connectivity index (χ1v) is 4.83. The molecule has 0 aromatic carbocycles. The molecule has 0 aliphatic heterocycles. The predicted molar refractivity (Wildman–Crippen MR) is 41.0 cm³/mol. The van der Waals surface area contributed by atoms with Crippen molar-refractivity contribution in [2.45, 2.75) is 19.3 Å². The van der Waals surface area contributed by atoms with Gasteiger partial charge in [-0.2, -0.15) is 0 Å². The van der Waals surface area contributed by atoms with Crippen LogP contribution >= 0.6 is 20.5 Å². The molecule has 0 aliphatic rings. The summed E-state index contributed by atoms with van der Waals surface area (Å²) >= 11 is 3.75. The van der Waals surface area contributed by atoms with E-state index in [1.807, 2.05) is 0 Å². The van der Waals surface area contributed by atoms with E-state index in [1.165, 1.54) is 6.92 Å². The van der Waals surface area contributed by atoms with Crippen LogP contribution in [0.1, 0.15) is 13.8 Å². The highest BCUT2D eigenvalue weighted by Gasteiger charge is 2.21. The van der Waals surface area contributed by atoms with E-state index in [4.69, 9.17) is 4.89 Å². The van der Waals surface area contributed by atoms with E-state index >= 15 is 0 Å². The van der Waals surface area contributed by atoms with E-state index in [2.05, 4.69) is 21.7 Å². The summed E-state index contributed by atoms with van der Waals surface area (Å²) in [5, 5.41) is 0. The summed E-state index contributed by atoms with van der Waals surface area (Å²) in [6.45, 7) is 3.29. The van der Waals surface area contributed by atoms with E-state index in [9.17, 15) is 4.57 Å². The third-order valence-electron chi connectivity index (χ3n) is 0.578. The third kappa shape index (κ3) is 5.26. The second kappa shape index (κ2) is 4.36. The van der Waals surface area contributed by atoms with Crippen LogP contribution in [0.25, 0.3) is 0 Å². The van der Waals surface area contributed by atoms with Crippen molar-refractivity contribution >= 4 is 20.5 Å². The monoisotopic (exact) mass is 186 g/mol. The van der Waals surface area contributed by atoms with Crippen molar-refractivity contribution < 1.29 is 18.5 Å². The summed E-state index contributed by atoms with van der Waals surface area (Å²) in [6.07, 6.45) is 0. The molecule has 0 radical (unpaired) electrons. The molecular formula is C4H11O4PS. The second-order valence-corrected chi connectivity index (χ2v) is 3.72. The molecule has 0 heterocycles. The van der Waals surface area contributed by atoms with Gasteiger partial charge in [0.25, 0.3) is 0 Å². The van der Waals surface area contributed by atoms with E-state index in [0.717, 1.165) is 0 Å². The van der Waals surface area contributed by atoms with Gasteiger partial charge < -0.3 is 4.89 Å². The maximum absolute atomic E-state index is 10.7. The summed E-state index contributed by atoms with van der Waals surface area (Å²) in [5.41, 5.74) is -0.595. The quantitative estimate of drug-likeness (QED) is 0.396. The summed E-state index contributed by atoms with van der Waals surface area (Å²) in [7, 11) is -3.83. The van der Waals surface area contributed by atoms with Gasteiger partial charge in [0, 0.05) is 0 Å². The van der Waals surface area contributed by atoms with Crippen LogP contribution in [0, 0.1) is 0 Å². The van der Waals surface area contributed by atoms with Crippen molar-refractivity contribution in [2.75, 3.05) is 6.61 Å². The summed E-state index contributed by atoms with van der Waals surface area (Å²) in [4.78, 5) is 8.75. The fourth-order valence-electron chi connectivity index (χ4n) is 0.386. The fourth-order valence-corrected chi connectivity index (χ4v) is 1.52. The summed E-state index contributed by atoms with van der Waals surface area (Å²) in [5.74, 6) is 0. The molecule has 0 bridgehead atoms. The lowest BCUT2D eigenvalue weighted by Gasteiger charge is -2.11. The van der Waals surface area contributed by atoms with E-state index in [1.54, 1.807) is 6.92 Å². The minimum atomic E-state index is -3.83. The second-order valence-electron chi connectivity index (χ2n) is 1.59. The van der Waals surface area contributed by atoms with E-state index in [0.29, 0.717) is 0 Å². The van der Waals surface area contributed by atoms with Gasteiger partial charge in [0.1, 0.15) is 5.44 Å². The molecule has 2 unspecified atom stereocenters. The molecule has 0 aliphatic carbocycles. The molecule has 0 aromatic heterocycles. The normalized spacial score (nSPS) is 20.0. The van der Waals surface area contributed by atoms with Crippen LogP contribution < -0.4 is 0 Å². The maximum atomic E-state index is 10.7. The zero-order chi connectivity index (χ0) is 8.20. The van der Waals surface area contributed by atoms with Crippen molar-refractivity contribution in [1.82, 2.24) is 0 Å². The molecule has 0 aromatic rings. The van der Waals surface area contributed by atoms with Gasteiger partial charge in [-0.3, -0.25) is 9.05 Å². The van der Waals surface area contributed by atoms with E-state index < -0.39 is 13.3 Å². The fraction of sp³-hybridized carbons (Fsp3) is 1.00. The summed E-state index contributed by atoms with van der Waals surface area (Å²) in [6, 6.07) is 0. The minimum absolute atomic E-state index is 0.147. The van der Waals surface area contributed by atoms with Crippen molar-refractivity contribution in [2.24, 2.45) is 0 Å². The number of hydrogen-bond acceptors (Lipinski definition) is 4. The zero-order valence-electron chi connectivity index (χ0n) is 5.85. The summed E-state index contributed by atoms with van der Waals surface area (Å²) < 4.78 is 19.5. The first-order valence-electron chi connectivity index (χ1n) is 2.81. The predicted octanol–water partition coefficient (Wildman–Crippen LogP) is 1.42. The third-order valence-corrected chi connectivity index (χ3v) is 2.02. The largest absolute Gasteiger partial charge is 0.473 e. The average molecular weight is 186 g/mol. The smallest absolute Gasteiger partial charge is 0.302 e. The van der Waals surface area contributed by atoms with Crippen LogP contribution in [0.2, 0.25) is 0 Å². The molecular weight excluding hydrogens is 175 g/mol. The Morgan fingerprint density at radius 2 is 2.30 bits per heavy atom. The zero-order valence-corrected chi connectivity index (χ0v) is 7.64. The highest BCUT2D eigenvalue weighted by Crippen LogP contribution is 2.44. The van der Waals surface area contributed by atoms with Crippen LogP contribution in [-0.4, -0.2) is 16.9 Å². The molecule has 62 valence electrons. The molecule has 4 nitrogen and oxygen atoms in total. The molecule has 0 amide bonds. The standard InChI is InChI=1S/C4H11O4PS/c1-3-7-9(5,6)8-4(2)10/h4,10H,3H2,1-2H3,(H,5,6). The number of rotatable bonds is 4. The van der Waals surface area contributed by atoms with Crippen LogP contribution in [0.5, 0.6) is 0 Å². The van der Waals surface area contributed by atoms with Gasteiger partial charge >= 0.3 is 7.82 Å². The van der Waals surface area contributed by atoms with Crippen molar-refractivity contribution in [3.8, 4) is 0 Å². The topological polar surface area (TPSA) is 55.8 Å². The van der Waals surface area contributed by atoms with Crippen molar-refractivity contribution in [3.63, 3.8) is 0 Å². The average Bonchev–Trinajstić information content (AvgIpc) is 1.59. The van der Waals surface area contributed by atoms with Crippen LogP contribution in [0.4, 0.5) is 0 Å². The number of phosphoric acid groups is 1. The van der Waals surface area contributed by atoms with Gasteiger partial charge in [-0.1, -0.05) is 0 Å². The van der Waals surface area contributed by atoms with Gasteiger partial charge in [0.05, 0.1) is 6.61 Å². The van der Waals surface area contributed by atoms with Crippen LogP contribution in [-0.2, 0) is 13.6 Å². The van der Waals surface area contributed by atoms with Gasteiger partial charge in [-0.15, -0.1) is 12.6 Å². The number of hydrogen-bond donors (Lipinski definition) is 2. The lowest BCUT2D eigenvalue weighted by molar-refractivity contribution is 0.151. The Morgan fingerprint density at radius 3 is 2.60 bits per heavy atom. The van der Waals surface area contributed by atoms with Gasteiger partial charge in [0.2, 0.25) is 0 Å². The number of thiol groups is 1. The Morgan fingerprint density at radius 1 is 1.80 bits per heavy atom. The first-order chi connectivity index (χ1) is 4.48. The minimum Gasteiger partial charge on any atom is -0.302 e. The maximum Gasteiger partial charge on any atom is 0.473 e. The Kier molecular flexibility index (Phi) is 4.56. The molecule has 0 saturated carbocycles. The Hall–Kier alpha value is 0.460. The lowest BCUT2D eigenvalue weighted by Crippen LogP contribution is -1.99. The van der Waals surface area contributed by atoms with Crippen LogP contribution in [0.3, 0.4) is 0 Å². The first kappa shape index (κ1) is 10.5. The highest BCUT2D eigenvalue weighted by atomic mass is 32.1. The van der Waals surface area contributed by atoms with Crippen molar-refractivity contribution in [1.29, 1.82) is 0 Å². The SMILES string of the molecule is CCOP(=O)(O)OC(C)S. The Labute approximate surface area is 65.6 Å². The Balaban J connectivity index is 3.75.